The number of carboxylic acid groups (broad SMARTS) is 1. The molecule has 0 aliphatic carbocycles. The van der Waals surface area contributed by atoms with E-state index in [1.54, 1.807) is 0 Å². The van der Waals surface area contributed by atoms with Crippen molar-refractivity contribution >= 4 is 6.09 Å². The maximum Gasteiger partial charge on any atom is 0.405 e. The van der Waals surface area contributed by atoms with Gasteiger partial charge in [-0.15, -0.1) is 0 Å². The Labute approximate surface area is 146 Å². The van der Waals surface area contributed by atoms with Crippen LogP contribution < -0.4 is 5.32 Å². The molecule has 0 bridgehead atoms. The number of halogens is 4. The number of hydrogen-bond donors (Lipinski definition) is 2. The normalized spacial score (nSPS) is 19.9. The number of aromatic nitrogens is 2. The second kappa shape index (κ2) is 7.35. The summed E-state index contributed by atoms with van der Waals surface area (Å²) >= 11 is 0. The average Bonchev–Trinajstić information content (AvgIpc) is 2.85. The summed E-state index contributed by atoms with van der Waals surface area (Å²) in [5, 5.41) is 11.3. The molecule has 3 rings (SSSR count). The molecule has 0 saturated carbocycles. The summed E-state index contributed by atoms with van der Waals surface area (Å²) in [4.78, 5) is 15.2. The zero-order chi connectivity index (χ0) is 18.8. The van der Waals surface area contributed by atoms with E-state index in [0.29, 0.717) is 12.2 Å². The highest BCUT2D eigenvalue weighted by Gasteiger charge is 2.30. The van der Waals surface area contributed by atoms with Crippen LogP contribution in [-0.2, 0) is 13.0 Å². The second-order valence-electron chi connectivity index (χ2n) is 6.23. The third kappa shape index (κ3) is 3.66. The maximum absolute atomic E-state index is 14.2. The quantitative estimate of drug-likeness (QED) is 0.802. The molecular formula is C17H17F4N3O2. The van der Waals surface area contributed by atoms with E-state index < -0.39 is 42.5 Å². The minimum Gasteiger partial charge on any atom is -0.465 e. The Balaban J connectivity index is 2.00. The van der Waals surface area contributed by atoms with Crippen LogP contribution in [0.5, 0.6) is 0 Å². The number of benzene rings is 1. The number of alkyl halides is 2. The Bertz CT molecular complexity index is 809. The number of imidazole rings is 1. The number of carbonyl (C=O) groups is 1. The van der Waals surface area contributed by atoms with E-state index in [-0.39, 0.29) is 24.2 Å². The van der Waals surface area contributed by atoms with E-state index in [1.807, 2.05) is 0 Å². The van der Waals surface area contributed by atoms with Gasteiger partial charge in [0, 0.05) is 24.4 Å². The highest BCUT2D eigenvalue weighted by atomic mass is 19.3. The highest BCUT2D eigenvalue weighted by molar-refractivity contribution is 5.65. The van der Waals surface area contributed by atoms with Gasteiger partial charge in [0.15, 0.2) is 11.6 Å². The SMILES string of the molecule is O=C(O)N[C@@H]1CC[C@@H](c2cccc(F)c2F)Cn2c(CC(F)F)cnc21. The number of amides is 1. The lowest BCUT2D eigenvalue weighted by molar-refractivity contribution is 0.146. The fourth-order valence-electron chi connectivity index (χ4n) is 3.42. The molecule has 2 heterocycles. The number of rotatable bonds is 4. The molecule has 1 aromatic heterocycles. The van der Waals surface area contributed by atoms with Gasteiger partial charge in [-0.05, 0) is 24.5 Å². The largest absolute Gasteiger partial charge is 0.465 e. The Morgan fingerprint density at radius 2 is 2.12 bits per heavy atom. The van der Waals surface area contributed by atoms with Crippen molar-refractivity contribution in [1.82, 2.24) is 14.9 Å². The van der Waals surface area contributed by atoms with Crippen molar-refractivity contribution in [3.63, 3.8) is 0 Å². The summed E-state index contributed by atoms with van der Waals surface area (Å²) in [7, 11) is 0. The van der Waals surface area contributed by atoms with Crippen LogP contribution in [0, 0.1) is 11.6 Å². The average molecular weight is 371 g/mol. The molecular weight excluding hydrogens is 354 g/mol. The van der Waals surface area contributed by atoms with E-state index in [2.05, 4.69) is 10.3 Å². The van der Waals surface area contributed by atoms with Gasteiger partial charge in [-0.3, -0.25) is 0 Å². The zero-order valence-corrected chi connectivity index (χ0v) is 13.6. The van der Waals surface area contributed by atoms with Crippen molar-refractivity contribution < 1.29 is 27.5 Å². The molecule has 140 valence electrons. The zero-order valence-electron chi connectivity index (χ0n) is 13.6. The van der Waals surface area contributed by atoms with Crippen molar-refractivity contribution in [3.05, 3.63) is 53.1 Å². The van der Waals surface area contributed by atoms with Gasteiger partial charge in [0.25, 0.3) is 0 Å². The number of hydrogen-bond acceptors (Lipinski definition) is 2. The van der Waals surface area contributed by atoms with Gasteiger partial charge in [0.05, 0.1) is 12.5 Å². The summed E-state index contributed by atoms with van der Waals surface area (Å²) in [5.74, 6) is -2.14. The summed E-state index contributed by atoms with van der Waals surface area (Å²) in [6.45, 7) is 0.121. The fraction of sp³-hybridized carbons (Fsp3) is 0.412. The van der Waals surface area contributed by atoms with Crippen LogP contribution in [-0.4, -0.2) is 27.2 Å². The second-order valence-corrected chi connectivity index (χ2v) is 6.23. The lowest BCUT2D eigenvalue weighted by Crippen LogP contribution is -2.28. The molecule has 2 N–H and O–H groups in total. The Morgan fingerprint density at radius 1 is 1.35 bits per heavy atom. The Morgan fingerprint density at radius 3 is 2.81 bits per heavy atom. The summed E-state index contributed by atoms with van der Waals surface area (Å²) in [5.41, 5.74) is 0.375. The molecule has 9 heteroatoms. The first-order chi connectivity index (χ1) is 12.4. The van der Waals surface area contributed by atoms with Crippen LogP contribution in [0.25, 0.3) is 0 Å². The van der Waals surface area contributed by atoms with Crippen molar-refractivity contribution in [2.24, 2.45) is 0 Å². The van der Waals surface area contributed by atoms with Gasteiger partial charge in [-0.25, -0.2) is 27.3 Å². The molecule has 0 unspecified atom stereocenters. The molecule has 2 aromatic rings. The Hall–Kier alpha value is -2.58. The standard InChI is InChI=1S/C17H17F4N3O2/c18-12-3-1-2-11(15(12)21)9-4-5-13(23-17(25)26)16-22-7-10(6-14(19)20)24(16)8-9/h1-3,7,9,13-14,23H,4-6,8H2,(H,25,26)/t9-,13-/m1/s1. The summed E-state index contributed by atoms with van der Waals surface area (Å²) in [6.07, 6.45) is -2.50. The number of nitrogens with one attached hydrogen (secondary N) is 1. The van der Waals surface area contributed by atoms with Gasteiger partial charge >= 0.3 is 6.09 Å². The Kier molecular flexibility index (Phi) is 5.15. The highest BCUT2D eigenvalue weighted by Crippen LogP contribution is 2.35. The molecule has 2 atom stereocenters. The molecule has 1 aromatic carbocycles. The predicted molar refractivity (Wildman–Crippen MR) is 84.2 cm³/mol. The van der Waals surface area contributed by atoms with Crippen molar-refractivity contribution in [2.75, 3.05) is 0 Å². The topological polar surface area (TPSA) is 67.2 Å². The minimum atomic E-state index is -2.60. The van der Waals surface area contributed by atoms with Crippen LogP contribution in [0.1, 0.15) is 41.9 Å². The molecule has 0 fully saturated rings. The van der Waals surface area contributed by atoms with Gasteiger partial charge in [-0.1, -0.05) is 12.1 Å². The van der Waals surface area contributed by atoms with Crippen molar-refractivity contribution in [3.8, 4) is 0 Å². The summed E-state index contributed by atoms with van der Waals surface area (Å²) in [6, 6.07) is 3.15. The predicted octanol–water partition coefficient (Wildman–Crippen LogP) is 3.86. The molecule has 0 spiro atoms. The molecule has 5 nitrogen and oxygen atoms in total. The monoisotopic (exact) mass is 371 g/mol. The maximum atomic E-state index is 14.2. The number of nitrogens with zero attached hydrogens (tertiary/aromatic N) is 2. The third-order valence-corrected chi connectivity index (χ3v) is 4.57. The molecule has 1 amide bonds. The molecule has 0 saturated heterocycles. The van der Waals surface area contributed by atoms with Crippen LogP contribution in [0.4, 0.5) is 22.4 Å². The molecule has 0 radical (unpaired) electrons. The minimum absolute atomic E-state index is 0.121. The van der Waals surface area contributed by atoms with Crippen molar-refractivity contribution in [1.29, 1.82) is 0 Å². The van der Waals surface area contributed by atoms with E-state index in [9.17, 15) is 22.4 Å². The lowest BCUT2D eigenvalue weighted by Gasteiger charge is -2.18. The van der Waals surface area contributed by atoms with Gasteiger partial charge in [0.2, 0.25) is 6.43 Å². The molecule has 26 heavy (non-hydrogen) atoms. The van der Waals surface area contributed by atoms with Crippen LogP contribution in [0.2, 0.25) is 0 Å². The fourth-order valence-corrected chi connectivity index (χ4v) is 3.42. The first-order valence-corrected chi connectivity index (χ1v) is 8.12. The lowest BCUT2D eigenvalue weighted by atomic mass is 9.93. The van der Waals surface area contributed by atoms with Gasteiger partial charge in [0.1, 0.15) is 5.82 Å². The number of fused-ring (bicyclic) bond motifs is 1. The van der Waals surface area contributed by atoms with Gasteiger partial charge < -0.3 is 15.0 Å². The van der Waals surface area contributed by atoms with Crippen LogP contribution in [0.15, 0.2) is 24.4 Å². The molecule has 1 aliphatic rings. The van der Waals surface area contributed by atoms with Crippen LogP contribution >= 0.6 is 0 Å². The van der Waals surface area contributed by atoms with E-state index in [0.717, 1.165) is 6.07 Å². The first-order valence-electron chi connectivity index (χ1n) is 8.12. The van der Waals surface area contributed by atoms with Gasteiger partial charge in [-0.2, -0.15) is 0 Å². The molecule has 1 aliphatic heterocycles. The first kappa shape index (κ1) is 18.2. The van der Waals surface area contributed by atoms with Crippen molar-refractivity contribution in [2.45, 2.75) is 44.2 Å². The van der Waals surface area contributed by atoms with Crippen LogP contribution in [0.3, 0.4) is 0 Å². The summed E-state index contributed by atoms with van der Waals surface area (Å²) < 4.78 is 55.0. The third-order valence-electron chi connectivity index (χ3n) is 4.57. The van der Waals surface area contributed by atoms with E-state index >= 15 is 0 Å². The van der Waals surface area contributed by atoms with E-state index in [4.69, 9.17) is 5.11 Å². The van der Waals surface area contributed by atoms with E-state index in [1.165, 1.54) is 22.9 Å². The smallest absolute Gasteiger partial charge is 0.405 e.